The van der Waals surface area contributed by atoms with Crippen LogP contribution in [0.3, 0.4) is 0 Å². The van der Waals surface area contributed by atoms with Gasteiger partial charge in [-0.05, 0) is 37.3 Å². The smallest absolute Gasteiger partial charge is 0.337 e. The molecule has 1 unspecified atom stereocenters. The van der Waals surface area contributed by atoms with Crippen LogP contribution in [0.1, 0.15) is 28.2 Å². The lowest BCUT2D eigenvalue weighted by Crippen LogP contribution is -2.26. The van der Waals surface area contributed by atoms with Crippen LogP contribution in [0.2, 0.25) is 9.36 Å². The van der Waals surface area contributed by atoms with Crippen molar-refractivity contribution in [3.05, 3.63) is 50.1 Å². The molecule has 0 radical (unpaired) electrons. The van der Waals surface area contributed by atoms with Crippen molar-refractivity contribution in [2.24, 2.45) is 0 Å². The Kier molecular flexibility index (Phi) is 5.70. The molecule has 9 heteroatoms. The minimum absolute atomic E-state index is 0.0585. The molecule has 1 N–H and O–H groups in total. The number of thiophene rings is 1. The summed E-state index contributed by atoms with van der Waals surface area (Å²) in [7, 11) is -2.62. The van der Waals surface area contributed by atoms with E-state index < -0.39 is 22.0 Å². The highest BCUT2D eigenvalue weighted by atomic mass is 35.5. The molecule has 1 atom stereocenters. The molecule has 0 aliphatic carbocycles. The normalized spacial score (nSPS) is 12.9. The van der Waals surface area contributed by atoms with Crippen LogP contribution in [-0.4, -0.2) is 21.5 Å². The molecule has 2 aromatic rings. The molecule has 0 aliphatic heterocycles. The molecule has 1 aromatic heterocycles. The molecule has 5 nitrogen and oxygen atoms in total. The molecule has 2 rings (SSSR count). The minimum Gasteiger partial charge on any atom is -0.465 e. The lowest BCUT2D eigenvalue weighted by molar-refractivity contribution is 0.0600. The number of ether oxygens (including phenoxy) is 1. The summed E-state index contributed by atoms with van der Waals surface area (Å²) in [5.74, 6) is -0.592. The summed E-state index contributed by atoms with van der Waals surface area (Å²) in [6, 6.07) is 6.86. The number of methoxy groups -OCH3 is 1. The summed E-state index contributed by atoms with van der Waals surface area (Å²) in [4.78, 5) is 12.1. The van der Waals surface area contributed by atoms with Gasteiger partial charge < -0.3 is 4.74 Å². The van der Waals surface area contributed by atoms with Gasteiger partial charge in [-0.2, -0.15) is 0 Å². The monoisotopic (exact) mass is 393 g/mol. The minimum atomic E-state index is -3.85. The van der Waals surface area contributed by atoms with Crippen LogP contribution in [0, 0.1) is 0 Å². The fraction of sp³-hybridized carbons (Fsp3) is 0.214. The zero-order valence-corrected chi connectivity index (χ0v) is 15.3. The Morgan fingerprint density at radius 1 is 1.26 bits per heavy atom. The first kappa shape index (κ1) is 18.2. The van der Waals surface area contributed by atoms with Gasteiger partial charge in [0.15, 0.2) is 0 Å². The van der Waals surface area contributed by atoms with Gasteiger partial charge in [0, 0.05) is 4.88 Å². The molecule has 1 heterocycles. The molecule has 0 aliphatic rings. The number of hydrogen-bond donors (Lipinski definition) is 1. The molecule has 0 fully saturated rings. The SMILES string of the molecule is COC(=O)c1ccc(S(=O)(=O)NC(C)c2ccc(Cl)s2)c(Cl)c1. The summed E-state index contributed by atoms with van der Waals surface area (Å²) in [5, 5.41) is -0.0585. The van der Waals surface area contributed by atoms with Crippen LogP contribution in [0.5, 0.6) is 0 Å². The molecule has 0 bridgehead atoms. The number of sulfonamides is 1. The number of esters is 1. The number of carbonyl (C=O) groups excluding carboxylic acids is 1. The fourth-order valence-corrected chi connectivity index (χ4v) is 4.78. The van der Waals surface area contributed by atoms with Gasteiger partial charge in [-0.25, -0.2) is 17.9 Å². The average molecular weight is 394 g/mol. The number of benzene rings is 1. The highest BCUT2D eigenvalue weighted by molar-refractivity contribution is 7.89. The first-order valence-electron chi connectivity index (χ1n) is 6.40. The second-order valence-corrected chi connectivity index (χ2v) is 8.46. The lowest BCUT2D eigenvalue weighted by Gasteiger charge is -2.14. The van der Waals surface area contributed by atoms with Gasteiger partial charge in [0.05, 0.1) is 28.1 Å². The van der Waals surface area contributed by atoms with Crippen molar-refractivity contribution in [3.63, 3.8) is 0 Å². The van der Waals surface area contributed by atoms with Crippen molar-refractivity contribution in [1.82, 2.24) is 4.72 Å². The second-order valence-electron chi connectivity index (χ2n) is 4.62. The summed E-state index contributed by atoms with van der Waals surface area (Å²) in [6.45, 7) is 1.70. The van der Waals surface area contributed by atoms with Gasteiger partial charge in [0.2, 0.25) is 10.0 Å². The molecule has 23 heavy (non-hydrogen) atoms. The first-order chi connectivity index (χ1) is 10.7. The Hall–Kier alpha value is -1.12. The number of nitrogens with one attached hydrogen (secondary N) is 1. The Labute approximate surface area is 148 Å². The summed E-state index contributed by atoms with van der Waals surface area (Å²) < 4.78 is 32.6. The molecule has 124 valence electrons. The average Bonchev–Trinajstić information content (AvgIpc) is 2.92. The van der Waals surface area contributed by atoms with E-state index >= 15 is 0 Å². The fourth-order valence-electron chi connectivity index (χ4n) is 1.88. The zero-order chi connectivity index (χ0) is 17.2. The van der Waals surface area contributed by atoms with Crippen molar-refractivity contribution < 1.29 is 17.9 Å². The molecular weight excluding hydrogens is 381 g/mol. The Morgan fingerprint density at radius 3 is 2.48 bits per heavy atom. The third kappa shape index (κ3) is 4.24. The van der Waals surface area contributed by atoms with Crippen molar-refractivity contribution in [1.29, 1.82) is 0 Å². The Morgan fingerprint density at radius 2 is 1.96 bits per heavy atom. The van der Waals surface area contributed by atoms with Crippen LogP contribution in [0.25, 0.3) is 0 Å². The number of hydrogen-bond acceptors (Lipinski definition) is 5. The lowest BCUT2D eigenvalue weighted by atomic mass is 10.2. The molecule has 0 saturated heterocycles. The van der Waals surface area contributed by atoms with Gasteiger partial charge in [-0.3, -0.25) is 0 Å². The maximum Gasteiger partial charge on any atom is 0.337 e. The van der Waals surface area contributed by atoms with Crippen LogP contribution in [0.15, 0.2) is 35.2 Å². The van der Waals surface area contributed by atoms with Gasteiger partial charge >= 0.3 is 5.97 Å². The number of carbonyl (C=O) groups is 1. The molecule has 1 aromatic carbocycles. The van der Waals surface area contributed by atoms with Gasteiger partial charge in [0.1, 0.15) is 4.90 Å². The van der Waals surface area contributed by atoms with Crippen LogP contribution >= 0.6 is 34.5 Å². The van der Waals surface area contributed by atoms with Crippen LogP contribution < -0.4 is 4.72 Å². The molecular formula is C14H13Cl2NO4S2. The van der Waals surface area contributed by atoms with E-state index in [1.54, 1.807) is 19.1 Å². The number of halogens is 2. The van der Waals surface area contributed by atoms with E-state index in [0.717, 1.165) is 4.88 Å². The van der Waals surface area contributed by atoms with Crippen molar-refractivity contribution in [2.75, 3.05) is 7.11 Å². The summed E-state index contributed by atoms with van der Waals surface area (Å²) >= 11 is 13.1. The highest BCUT2D eigenvalue weighted by Crippen LogP contribution is 2.29. The molecule has 0 spiro atoms. The standard InChI is InChI=1S/C14H13Cl2NO4S2/c1-8(11-4-6-13(16)22-11)17-23(19,20)12-5-3-9(7-10(12)15)14(18)21-2/h3-8,17H,1-2H3. The maximum absolute atomic E-state index is 12.5. The van der Waals surface area contributed by atoms with E-state index in [4.69, 9.17) is 23.2 Å². The van der Waals surface area contributed by atoms with Gasteiger partial charge in [-0.15, -0.1) is 11.3 Å². The predicted octanol–water partition coefficient (Wildman–Crippen LogP) is 3.88. The highest BCUT2D eigenvalue weighted by Gasteiger charge is 2.23. The summed E-state index contributed by atoms with van der Waals surface area (Å²) in [6.07, 6.45) is 0. The predicted molar refractivity (Wildman–Crippen MR) is 90.9 cm³/mol. The Balaban J connectivity index is 2.27. The first-order valence-corrected chi connectivity index (χ1v) is 9.45. The van der Waals surface area contributed by atoms with E-state index in [2.05, 4.69) is 9.46 Å². The second kappa shape index (κ2) is 7.19. The molecule has 0 saturated carbocycles. The van der Waals surface area contributed by atoms with E-state index in [0.29, 0.717) is 4.34 Å². The molecule has 0 amide bonds. The van der Waals surface area contributed by atoms with Crippen molar-refractivity contribution >= 4 is 50.5 Å². The van der Waals surface area contributed by atoms with Gasteiger partial charge in [0.25, 0.3) is 0 Å². The van der Waals surface area contributed by atoms with Crippen molar-refractivity contribution in [2.45, 2.75) is 17.9 Å². The van der Waals surface area contributed by atoms with Crippen molar-refractivity contribution in [3.8, 4) is 0 Å². The van der Waals surface area contributed by atoms with Crippen LogP contribution in [0.4, 0.5) is 0 Å². The quantitative estimate of drug-likeness (QED) is 0.782. The third-order valence-corrected chi connectivity index (χ3v) is 6.43. The van der Waals surface area contributed by atoms with E-state index in [1.165, 1.54) is 36.6 Å². The van der Waals surface area contributed by atoms with E-state index in [1.807, 2.05) is 0 Å². The topological polar surface area (TPSA) is 72.5 Å². The maximum atomic E-state index is 12.5. The Bertz CT molecular complexity index is 833. The third-order valence-electron chi connectivity index (χ3n) is 3.00. The van der Waals surface area contributed by atoms with E-state index in [-0.39, 0.29) is 15.5 Å². The zero-order valence-electron chi connectivity index (χ0n) is 12.2. The van der Waals surface area contributed by atoms with E-state index in [9.17, 15) is 13.2 Å². The number of rotatable bonds is 5. The summed E-state index contributed by atoms with van der Waals surface area (Å²) in [5.41, 5.74) is 0.175. The van der Waals surface area contributed by atoms with Crippen LogP contribution in [-0.2, 0) is 14.8 Å². The van der Waals surface area contributed by atoms with Gasteiger partial charge in [-0.1, -0.05) is 23.2 Å². The largest absolute Gasteiger partial charge is 0.465 e.